The first-order valence-electron chi connectivity index (χ1n) is 10.9. The minimum atomic E-state index is -0.365. The molecule has 0 radical (unpaired) electrons. The number of nitrogens with zero attached hydrogens (tertiary/aromatic N) is 1. The summed E-state index contributed by atoms with van der Waals surface area (Å²) in [6, 6.07) is 12.5. The highest BCUT2D eigenvalue weighted by molar-refractivity contribution is 9.10. The van der Waals surface area contributed by atoms with Crippen LogP contribution in [-0.4, -0.2) is 41.5 Å². The van der Waals surface area contributed by atoms with E-state index >= 15 is 0 Å². The van der Waals surface area contributed by atoms with Gasteiger partial charge in [-0.25, -0.2) is 0 Å². The summed E-state index contributed by atoms with van der Waals surface area (Å²) in [5, 5.41) is 5.85. The van der Waals surface area contributed by atoms with E-state index in [2.05, 4.69) is 33.5 Å². The molecule has 3 rings (SSSR count). The zero-order valence-electron chi connectivity index (χ0n) is 18.2. The Kier molecular flexibility index (Phi) is 9.05. The van der Waals surface area contributed by atoms with Crippen molar-refractivity contribution >= 4 is 50.8 Å². The summed E-state index contributed by atoms with van der Waals surface area (Å²) in [5.74, 6) is 0.165. The second kappa shape index (κ2) is 12.0. The lowest BCUT2D eigenvalue weighted by molar-refractivity contribution is 0.0724. The van der Waals surface area contributed by atoms with Gasteiger partial charge in [0.05, 0.1) is 12.2 Å². The maximum atomic E-state index is 12.8. The van der Waals surface area contributed by atoms with Crippen molar-refractivity contribution < 1.29 is 14.3 Å². The van der Waals surface area contributed by atoms with Crippen molar-refractivity contribution in [3.05, 3.63) is 58.1 Å². The zero-order valence-corrected chi connectivity index (χ0v) is 20.6. The summed E-state index contributed by atoms with van der Waals surface area (Å²) in [5.41, 5.74) is 1.64. The monoisotopic (exact) mass is 517 g/mol. The number of piperidine rings is 1. The molecule has 0 unspecified atom stereocenters. The van der Waals surface area contributed by atoms with Gasteiger partial charge in [-0.1, -0.05) is 35.3 Å². The first-order valence-corrected chi connectivity index (χ1v) is 12.1. The Labute approximate surface area is 202 Å². The van der Waals surface area contributed by atoms with E-state index in [0.29, 0.717) is 29.2 Å². The number of benzene rings is 2. The average Bonchev–Trinajstić information content (AvgIpc) is 2.80. The SMILES string of the molecule is CCCCOc1ccc(Br)cc1C(=O)NC(=S)Nc1cccc(C(=O)N2CCCCC2)c1. The lowest BCUT2D eigenvalue weighted by Crippen LogP contribution is -2.36. The van der Waals surface area contributed by atoms with E-state index < -0.39 is 0 Å². The van der Waals surface area contributed by atoms with Crippen LogP contribution in [0.2, 0.25) is 0 Å². The molecule has 2 aromatic rings. The van der Waals surface area contributed by atoms with Gasteiger partial charge in [0, 0.05) is 28.8 Å². The highest BCUT2D eigenvalue weighted by Gasteiger charge is 2.19. The third-order valence-corrected chi connectivity index (χ3v) is 5.88. The Bertz CT molecular complexity index is 977. The van der Waals surface area contributed by atoms with Crippen molar-refractivity contribution in [3.63, 3.8) is 0 Å². The zero-order chi connectivity index (χ0) is 22.9. The van der Waals surface area contributed by atoms with Gasteiger partial charge in [-0.15, -0.1) is 0 Å². The first-order chi connectivity index (χ1) is 15.5. The molecule has 0 spiro atoms. The van der Waals surface area contributed by atoms with E-state index in [1.54, 1.807) is 30.3 Å². The molecule has 1 heterocycles. The molecule has 1 aliphatic heterocycles. The fourth-order valence-electron chi connectivity index (χ4n) is 3.47. The van der Waals surface area contributed by atoms with Crippen molar-refractivity contribution in [3.8, 4) is 5.75 Å². The third-order valence-electron chi connectivity index (χ3n) is 5.18. The molecular formula is C24H28BrN3O3S. The maximum Gasteiger partial charge on any atom is 0.261 e. The lowest BCUT2D eigenvalue weighted by atomic mass is 10.1. The van der Waals surface area contributed by atoms with Crippen molar-refractivity contribution in [2.24, 2.45) is 0 Å². The topological polar surface area (TPSA) is 70.7 Å². The molecule has 2 aromatic carbocycles. The summed E-state index contributed by atoms with van der Waals surface area (Å²) in [6.07, 6.45) is 5.16. The van der Waals surface area contributed by atoms with Gasteiger partial charge in [0.2, 0.25) is 0 Å². The molecule has 2 N–H and O–H groups in total. The molecule has 1 fully saturated rings. The number of carbonyl (C=O) groups excluding carboxylic acids is 2. The Morgan fingerprint density at radius 3 is 2.66 bits per heavy atom. The number of unbranched alkanes of at least 4 members (excludes halogenated alkanes) is 1. The molecule has 0 aromatic heterocycles. The number of halogens is 1. The highest BCUT2D eigenvalue weighted by atomic mass is 79.9. The molecule has 1 saturated heterocycles. The summed E-state index contributed by atoms with van der Waals surface area (Å²) in [7, 11) is 0. The van der Waals surface area contributed by atoms with Crippen LogP contribution in [-0.2, 0) is 0 Å². The van der Waals surface area contributed by atoms with E-state index in [1.807, 2.05) is 17.0 Å². The molecule has 6 nitrogen and oxygen atoms in total. The Balaban J connectivity index is 1.64. The second-order valence-electron chi connectivity index (χ2n) is 7.68. The van der Waals surface area contributed by atoms with Gasteiger partial charge in [-0.05, 0) is 74.3 Å². The van der Waals surface area contributed by atoms with Crippen LogP contribution in [0.3, 0.4) is 0 Å². The predicted octanol–water partition coefficient (Wildman–Crippen LogP) is 5.38. The van der Waals surface area contributed by atoms with Crippen molar-refractivity contribution in [2.45, 2.75) is 39.0 Å². The molecule has 0 aliphatic carbocycles. The number of thiocarbonyl (C=S) groups is 1. The summed E-state index contributed by atoms with van der Waals surface area (Å²) >= 11 is 8.74. The number of likely N-dealkylation sites (tertiary alicyclic amines) is 1. The smallest absolute Gasteiger partial charge is 0.261 e. The fraction of sp³-hybridized carbons (Fsp3) is 0.375. The van der Waals surface area contributed by atoms with Crippen molar-refractivity contribution in [1.29, 1.82) is 0 Å². The minimum absolute atomic E-state index is 0.0197. The van der Waals surface area contributed by atoms with Crippen molar-refractivity contribution in [1.82, 2.24) is 10.2 Å². The van der Waals surface area contributed by atoms with Gasteiger partial charge < -0.3 is 15.0 Å². The number of anilines is 1. The second-order valence-corrected chi connectivity index (χ2v) is 9.01. The van der Waals surface area contributed by atoms with Crippen LogP contribution >= 0.6 is 28.1 Å². The Morgan fingerprint density at radius 1 is 1.12 bits per heavy atom. The molecule has 0 saturated carbocycles. The van der Waals surface area contributed by atoms with Gasteiger partial charge in [-0.3, -0.25) is 14.9 Å². The van der Waals surface area contributed by atoms with Gasteiger partial charge in [0.1, 0.15) is 5.75 Å². The van der Waals surface area contributed by atoms with Gasteiger partial charge in [0.25, 0.3) is 11.8 Å². The quantitative estimate of drug-likeness (QED) is 0.381. The normalized spacial score (nSPS) is 13.4. The van der Waals surface area contributed by atoms with Crippen LogP contribution in [0.4, 0.5) is 5.69 Å². The molecule has 170 valence electrons. The first kappa shape index (κ1) is 24.2. The maximum absolute atomic E-state index is 12.8. The standard InChI is InChI=1S/C24H28BrN3O3S/c1-2-3-14-31-21-11-10-18(25)16-20(21)22(29)27-24(32)26-19-9-7-8-17(15-19)23(30)28-12-5-4-6-13-28/h7-11,15-16H,2-6,12-14H2,1H3,(H2,26,27,29,32). The predicted molar refractivity (Wildman–Crippen MR) is 134 cm³/mol. The number of hydrogen-bond donors (Lipinski definition) is 2. The number of rotatable bonds is 7. The van der Waals surface area contributed by atoms with Gasteiger partial charge in [0.15, 0.2) is 5.11 Å². The lowest BCUT2D eigenvalue weighted by Gasteiger charge is -2.26. The highest BCUT2D eigenvalue weighted by Crippen LogP contribution is 2.24. The van der Waals surface area contributed by atoms with E-state index in [1.165, 1.54) is 6.42 Å². The van der Waals surface area contributed by atoms with Gasteiger partial charge in [-0.2, -0.15) is 0 Å². The Morgan fingerprint density at radius 2 is 1.91 bits per heavy atom. The minimum Gasteiger partial charge on any atom is -0.493 e. The van der Waals surface area contributed by atoms with Crippen LogP contribution in [0.25, 0.3) is 0 Å². The molecule has 1 aliphatic rings. The van der Waals surface area contributed by atoms with E-state index in [9.17, 15) is 9.59 Å². The molecular weight excluding hydrogens is 490 g/mol. The van der Waals surface area contributed by atoms with E-state index in [4.69, 9.17) is 17.0 Å². The molecule has 0 bridgehead atoms. The third kappa shape index (κ3) is 6.77. The number of ether oxygens (including phenoxy) is 1. The molecule has 32 heavy (non-hydrogen) atoms. The number of nitrogens with one attached hydrogen (secondary N) is 2. The molecule has 2 amide bonds. The van der Waals surface area contributed by atoms with Crippen LogP contribution in [0, 0.1) is 0 Å². The van der Waals surface area contributed by atoms with Crippen LogP contribution in [0.1, 0.15) is 59.7 Å². The number of amides is 2. The van der Waals surface area contributed by atoms with Gasteiger partial charge >= 0.3 is 0 Å². The number of carbonyl (C=O) groups is 2. The average molecular weight is 518 g/mol. The van der Waals surface area contributed by atoms with Crippen LogP contribution in [0.15, 0.2) is 46.9 Å². The molecule has 8 heteroatoms. The van der Waals surface area contributed by atoms with Crippen molar-refractivity contribution in [2.75, 3.05) is 25.0 Å². The number of hydrogen-bond acceptors (Lipinski definition) is 4. The summed E-state index contributed by atoms with van der Waals surface area (Å²) in [6.45, 7) is 4.21. The summed E-state index contributed by atoms with van der Waals surface area (Å²) in [4.78, 5) is 27.5. The summed E-state index contributed by atoms with van der Waals surface area (Å²) < 4.78 is 6.54. The fourth-order valence-corrected chi connectivity index (χ4v) is 4.05. The van der Waals surface area contributed by atoms with E-state index in [-0.39, 0.29) is 16.9 Å². The van der Waals surface area contributed by atoms with E-state index in [0.717, 1.165) is 43.2 Å². The largest absolute Gasteiger partial charge is 0.493 e. The van der Waals surface area contributed by atoms with Crippen LogP contribution in [0.5, 0.6) is 5.75 Å². The molecule has 0 atom stereocenters. The Hall–Kier alpha value is -2.45. The van der Waals surface area contributed by atoms with Crippen LogP contribution < -0.4 is 15.4 Å².